The molecule has 1 aliphatic heterocycles. The molecule has 0 atom stereocenters. The summed E-state index contributed by atoms with van der Waals surface area (Å²) in [5.41, 5.74) is 7.42. The van der Waals surface area contributed by atoms with Gasteiger partial charge in [-0.2, -0.15) is 0 Å². The second-order valence-electron chi connectivity index (χ2n) is 8.79. The number of hydrazine groups is 1. The smallest absolute Gasteiger partial charge is 0.272 e. The highest BCUT2D eigenvalue weighted by Crippen LogP contribution is 2.25. The van der Waals surface area contributed by atoms with E-state index in [1.54, 1.807) is 30.6 Å². The first kappa shape index (κ1) is 25.2. The maximum absolute atomic E-state index is 13.3. The van der Waals surface area contributed by atoms with Crippen LogP contribution in [0.5, 0.6) is 0 Å². The Balaban J connectivity index is 1.49. The molecule has 1 aromatic heterocycles. The van der Waals surface area contributed by atoms with Crippen molar-refractivity contribution in [1.82, 2.24) is 15.3 Å². The molecular formula is C27H32N6O3. The lowest BCUT2D eigenvalue weighted by atomic mass is 9.97. The maximum Gasteiger partial charge on any atom is 0.272 e. The predicted octanol–water partition coefficient (Wildman–Crippen LogP) is 3.14. The van der Waals surface area contributed by atoms with Gasteiger partial charge in [-0.05, 0) is 59.7 Å². The largest absolute Gasteiger partial charge is 0.403 e. The standard InChI is InChI=1S/C27H32N6O3/c28-12-15-33(29)18-20-7-8-23(22-5-2-1-4-21(20)22)26(34)32-24-6-3-13-30-25(24)27(35)31-14-9-19-10-16-36-17-11-19/h1-8,12-13,15,19H,9-11,14,16-18,28-29H2,(H,31,35)(H,32,34)/b15-12-. The maximum atomic E-state index is 13.3. The molecule has 0 saturated carbocycles. The number of carbonyl (C=O) groups is 2. The zero-order valence-corrected chi connectivity index (χ0v) is 20.2. The van der Waals surface area contributed by atoms with Crippen LogP contribution in [0, 0.1) is 5.92 Å². The highest BCUT2D eigenvalue weighted by atomic mass is 16.5. The third-order valence-corrected chi connectivity index (χ3v) is 6.34. The first-order valence-corrected chi connectivity index (χ1v) is 12.1. The van der Waals surface area contributed by atoms with Gasteiger partial charge in [-0.3, -0.25) is 9.59 Å². The van der Waals surface area contributed by atoms with E-state index < -0.39 is 0 Å². The molecule has 9 heteroatoms. The Morgan fingerprint density at radius 3 is 2.61 bits per heavy atom. The molecule has 0 radical (unpaired) electrons. The lowest BCUT2D eigenvalue weighted by molar-refractivity contribution is 0.0636. The quantitative estimate of drug-likeness (QED) is 0.268. The number of aromatic nitrogens is 1. The summed E-state index contributed by atoms with van der Waals surface area (Å²) < 4.78 is 5.39. The zero-order valence-electron chi connectivity index (χ0n) is 20.2. The molecule has 1 aliphatic rings. The highest BCUT2D eigenvalue weighted by Gasteiger charge is 2.19. The van der Waals surface area contributed by atoms with Crippen molar-refractivity contribution in [2.75, 3.05) is 25.1 Å². The number of anilines is 1. The SMILES string of the molecule is N/C=C\N(N)Cc1ccc(C(=O)Nc2cccnc2C(=O)NCCC2CCOCC2)c2ccccc12. The minimum atomic E-state index is -0.325. The van der Waals surface area contributed by atoms with Gasteiger partial charge in [0.05, 0.1) is 12.2 Å². The molecule has 0 unspecified atom stereocenters. The van der Waals surface area contributed by atoms with Crippen molar-refractivity contribution < 1.29 is 14.3 Å². The molecule has 3 aromatic rings. The third kappa shape index (κ3) is 6.18. The Labute approximate surface area is 210 Å². The van der Waals surface area contributed by atoms with Gasteiger partial charge >= 0.3 is 0 Å². The summed E-state index contributed by atoms with van der Waals surface area (Å²) in [7, 11) is 0. The normalized spacial score (nSPS) is 14.1. The summed E-state index contributed by atoms with van der Waals surface area (Å²) in [6, 6.07) is 14.6. The number of hydrogen-bond acceptors (Lipinski definition) is 7. The number of nitrogens with one attached hydrogen (secondary N) is 2. The highest BCUT2D eigenvalue weighted by molar-refractivity contribution is 6.15. The molecule has 4 rings (SSSR count). The fourth-order valence-corrected chi connectivity index (χ4v) is 4.44. The zero-order chi connectivity index (χ0) is 25.3. The van der Waals surface area contributed by atoms with Gasteiger partial charge in [0.25, 0.3) is 11.8 Å². The van der Waals surface area contributed by atoms with Crippen molar-refractivity contribution in [3.63, 3.8) is 0 Å². The van der Waals surface area contributed by atoms with Gasteiger partial charge in [0.2, 0.25) is 0 Å². The van der Waals surface area contributed by atoms with E-state index in [0.29, 0.717) is 30.3 Å². The Kier molecular flexibility index (Phi) is 8.48. The van der Waals surface area contributed by atoms with Gasteiger partial charge in [-0.15, -0.1) is 0 Å². The third-order valence-electron chi connectivity index (χ3n) is 6.34. The van der Waals surface area contributed by atoms with Gasteiger partial charge in [0, 0.05) is 43.9 Å². The summed E-state index contributed by atoms with van der Waals surface area (Å²) in [5, 5.41) is 8.98. The van der Waals surface area contributed by atoms with Crippen molar-refractivity contribution >= 4 is 28.3 Å². The molecule has 36 heavy (non-hydrogen) atoms. The van der Waals surface area contributed by atoms with Crippen LogP contribution in [0.2, 0.25) is 0 Å². The van der Waals surface area contributed by atoms with E-state index in [-0.39, 0.29) is 17.5 Å². The Morgan fingerprint density at radius 2 is 1.83 bits per heavy atom. The summed E-state index contributed by atoms with van der Waals surface area (Å²) in [5.74, 6) is 5.88. The molecule has 2 aromatic carbocycles. The number of hydrogen-bond donors (Lipinski definition) is 4. The van der Waals surface area contributed by atoms with Crippen molar-refractivity contribution in [2.45, 2.75) is 25.8 Å². The summed E-state index contributed by atoms with van der Waals surface area (Å²) >= 11 is 0. The number of fused-ring (bicyclic) bond motifs is 1. The summed E-state index contributed by atoms with van der Waals surface area (Å²) in [6.45, 7) is 2.54. The van der Waals surface area contributed by atoms with Crippen LogP contribution >= 0.6 is 0 Å². The molecule has 1 saturated heterocycles. The molecule has 2 amide bonds. The average molecular weight is 489 g/mol. The van der Waals surface area contributed by atoms with Crippen molar-refractivity contribution in [2.24, 2.45) is 17.5 Å². The van der Waals surface area contributed by atoms with Crippen LogP contribution < -0.4 is 22.2 Å². The first-order valence-electron chi connectivity index (χ1n) is 12.1. The van der Waals surface area contributed by atoms with E-state index in [9.17, 15) is 9.59 Å². The second-order valence-corrected chi connectivity index (χ2v) is 8.79. The fourth-order valence-electron chi connectivity index (χ4n) is 4.44. The summed E-state index contributed by atoms with van der Waals surface area (Å²) in [4.78, 5) is 30.4. The Morgan fingerprint density at radius 1 is 1.06 bits per heavy atom. The monoisotopic (exact) mass is 488 g/mol. The van der Waals surface area contributed by atoms with Crippen LogP contribution in [0.3, 0.4) is 0 Å². The van der Waals surface area contributed by atoms with E-state index in [0.717, 1.165) is 48.8 Å². The average Bonchev–Trinajstić information content (AvgIpc) is 2.90. The van der Waals surface area contributed by atoms with Crippen LogP contribution in [0.4, 0.5) is 5.69 Å². The number of nitrogens with two attached hydrogens (primary N) is 2. The van der Waals surface area contributed by atoms with Crippen molar-refractivity contribution in [3.05, 3.63) is 83.9 Å². The van der Waals surface area contributed by atoms with Crippen molar-refractivity contribution in [1.29, 1.82) is 0 Å². The molecule has 188 valence electrons. The van der Waals surface area contributed by atoms with Gasteiger partial charge in [-0.25, -0.2) is 10.8 Å². The van der Waals surface area contributed by atoms with E-state index in [1.165, 1.54) is 11.2 Å². The number of rotatable bonds is 9. The minimum Gasteiger partial charge on any atom is -0.403 e. The molecule has 0 spiro atoms. The molecule has 0 aliphatic carbocycles. The van der Waals surface area contributed by atoms with Crippen LogP contribution in [0.1, 0.15) is 45.7 Å². The van der Waals surface area contributed by atoms with E-state index in [1.807, 2.05) is 30.3 Å². The Bertz CT molecular complexity index is 1240. The van der Waals surface area contributed by atoms with Crippen LogP contribution in [0.15, 0.2) is 67.1 Å². The summed E-state index contributed by atoms with van der Waals surface area (Å²) in [6.07, 6.45) is 7.41. The van der Waals surface area contributed by atoms with E-state index in [4.69, 9.17) is 16.3 Å². The second kappa shape index (κ2) is 12.1. The van der Waals surface area contributed by atoms with Crippen LogP contribution in [-0.2, 0) is 11.3 Å². The minimum absolute atomic E-state index is 0.186. The van der Waals surface area contributed by atoms with Crippen LogP contribution in [0.25, 0.3) is 10.8 Å². The molecule has 0 bridgehead atoms. The number of ether oxygens (including phenoxy) is 1. The van der Waals surface area contributed by atoms with Gasteiger partial charge < -0.3 is 26.1 Å². The van der Waals surface area contributed by atoms with Crippen LogP contribution in [-0.4, -0.2) is 41.6 Å². The number of amides is 2. The molecular weight excluding hydrogens is 456 g/mol. The lowest BCUT2D eigenvalue weighted by Crippen LogP contribution is -2.29. The van der Waals surface area contributed by atoms with Gasteiger partial charge in [0.1, 0.15) is 0 Å². The number of benzene rings is 2. The lowest BCUT2D eigenvalue weighted by Gasteiger charge is -2.21. The van der Waals surface area contributed by atoms with Gasteiger partial charge in [0.15, 0.2) is 5.69 Å². The topological polar surface area (TPSA) is 136 Å². The van der Waals surface area contributed by atoms with E-state index >= 15 is 0 Å². The Hall–Kier alpha value is -3.95. The first-order chi connectivity index (χ1) is 17.6. The molecule has 6 N–H and O–H groups in total. The van der Waals surface area contributed by atoms with Crippen molar-refractivity contribution in [3.8, 4) is 0 Å². The molecule has 2 heterocycles. The van der Waals surface area contributed by atoms with Gasteiger partial charge in [-0.1, -0.05) is 30.3 Å². The number of carbonyl (C=O) groups excluding carboxylic acids is 2. The predicted molar refractivity (Wildman–Crippen MR) is 140 cm³/mol. The fraction of sp³-hybridized carbons (Fsp3) is 0.296. The van der Waals surface area contributed by atoms with E-state index in [2.05, 4.69) is 15.6 Å². The number of pyridine rings is 1. The molecule has 1 fully saturated rings. The number of nitrogens with zero attached hydrogens (tertiary/aromatic N) is 2. The molecule has 9 nitrogen and oxygen atoms in total.